The molecule has 0 unspecified atom stereocenters. The number of carboxylic acids is 1. The van der Waals surface area contributed by atoms with E-state index in [2.05, 4.69) is 15.1 Å². The lowest BCUT2D eigenvalue weighted by Gasteiger charge is -2.36. The molecular formula is C24H23N3O5S. The van der Waals surface area contributed by atoms with E-state index in [0.717, 1.165) is 36.7 Å². The number of ether oxygens (including phenoxy) is 2. The summed E-state index contributed by atoms with van der Waals surface area (Å²) in [5.41, 5.74) is 2.48. The molecule has 0 saturated carbocycles. The molecule has 33 heavy (non-hydrogen) atoms. The highest BCUT2D eigenvalue weighted by Gasteiger charge is 2.23. The SMILES string of the molecule is O=C(Nc1ccc(N2CCN(Cc3ccc4c(c3)OCO4)CC2)c(C(=O)O)c1)c1cccs1. The van der Waals surface area contributed by atoms with E-state index in [0.29, 0.717) is 29.3 Å². The smallest absolute Gasteiger partial charge is 0.337 e. The van der Waals surface area contributed by atoms with Gasteiger partial charge in [0.15, 0.2) is 11.5 Å². The van der Waals surface area contributed by atoms with Gasteiger partial charge in [-0.3, -0.25) is 9.69 Å². The number of benzene rings is 2. The normalized spacial score (nSPS) is 15.5. The van der Waals surface area contributed by atoms with Gasteiger partial charge in [-0.25, -0.2) is 4.79 Å². The molecule has 9 heteroatoms. The Kier molecular flexibility index (Phi) is 5.89. The van der Waals surface area contributed by atoms with E-state index in [1.54, 1.807) is 24.3 Å². The first-order chi connectivity index (χ1) is 16.1. The molecule has 0 atom stereocenters. The van der Waals surface area contributed by atoms with Crippen molar-refractivity contribution in [2.45, 2.75) is 6.54 Å². The number of nitrogens with one attached hydrogen (secondary N) is 1. The van der Waals surface area contributed by atoms with Crippen LogP contribution in [0.4, 0.5) is 11.4 Å². The van der Waals surface area contributed by atoms with Crippen molar-refractivity contribution in [1.29, 1.82) is 0 Å². The van der Waals surface area contributed by atoms with Crippen molar-refractivity contribution < 1.29 is 24.2 Å². The summed E-state index contributed by atoms with van der Waals surface area (Å²) in [7, 11) is 0. The number of rotatable bonds is 6. The fourth-order valence-corrected chi connectivity index (χ4v) is 4.72. The molecule has 5 rings (SSSR count). The number of carbonyl (C=O) groups is 2. The van der Waals surface area contributed by atoms with E-state index in [1.807, 2.05) is 23.6 Å². The topological polar surface area (TPSA) is 91.3 Å². The first-order valence-corrected chi connectivity index (χ1v) is 11.5. The molecule has 1 saturated heterocycles. The Morgan fingerprint density at radius 3 is 2.58 bits per heavy atom. The number of amides is 1. The van der Waals surface area contributed by atoms with Gasteiger partial charge in [0.05, 0.1) is 16.1 Å². The molecule has 0 aliphatic carbocycles. The van der Waals surface area contributed by atoms with E-state index >= 15 is 0 Å². The molecule has 3 aromatic rings. The zero-order valence-electron chi connectivity index (χ0n) is 17.8. The molecule has 2 N–H and O–H groups in total. The number of nitrogens with zero attached hydrogens (tertiary/aromatic N) is 2. The Labute approximate surface area is 195 Å². The minimum atomic E-state index is -1.01. The number of piperazine rings is 1. The predicted molar refractivity (Wildman–Crippen MR) is 126 cm³/mol. The molecule has 170 valence electrons. The molecule has 0 bridgehead atoms. The third kappa shape index (κ3) is 4.64. The summed E-state index contributed by atoms with van der Waals surface area (Å²) in [5.74, 6) is 0.300. The number of carbonyl (C=O) groups excluding carboxylic acids is 1. The molecule has 0 radical (unpaired) electrons. The first kappa shape index (κ1) is 21.3. The van der Waals surface area contributed by atoms with Crippen LogP contribution in [0, 0.1) is 0 Å². The van der Waals surface area contributed by atoms with Gasteiger partial charge in [-0.2, -0.15) is 0 Å². The van der Waals surface area contributed by atoms with E-state index in [9.17, 15) is 14.7 Å². The maximum Gasteiger partial charge on any atom is 0.337 e. The number of hydrogen-bond donors (Lipinski definition) is 2. The minimum absolute atomic E-state index is 0.184. The number of aromatic carboxylic acids is 1. The van der Waals surface area contributed by atoms with Crippen molar-refractivity contribution in [3.8, 4) is 11.5 Å². The highest BCUT2D eigenvalue weighted by Crippen LogP contribution is 2.33. The highest BCUT2D eigenvalue weighted by atomic mass is 32.1. The Balaban J connectivity index is 1.24. The fraction of sp³-hybridized carbons (Fsp3) is 0.250. The molecule has 2 aliphatic heterocycles. The number of thiophene rings is 1. The molecule has 0 spiro atoms. The Hall–Kier alpha value is -3.56. The van der Waals surface area contributed by atoms with Crippen LogP contribution in [0.15, 0.2) is 53.9 Å². The van der Waals surface area contributed by atoms with Crippen LogP contribution in [-0.4, -0.2) is 54.9 Å². The van der Waals surface area contributed by atoms with Crippen LogP contribution in [0.3, 0.4) is 0 Å². The van der Waals surface area contributed by atoms with E-state index in [1.165, 1.54) is 17.4 Å². The highest BCUT2D eigenvalue weighted by molar-refractivity contribution is 7.12. The Bertz CT molecular complexity index is 1170. The number of fused-ring (bicyclic) bond motifs is 1. The standard InChI is InChI=1S/C24H23N3O5S/c28-23(22-2-1-11-33-22)25-17-4-5-19(18(13-17)24(29)30)27-9-7-26(8-10-27)14-16-3-6-20-21(12-16)32-15-31-20/h1-6,11-13H,7-10,14-15H2,(H,25,28)(H,29,30). The van der Waals surface area contributed by atoms with Gasteiger partial charge < -0.3 is 24.8 Å². The van der Waals surface area contributed by atoms with Gasteiger partial charge in [-0.05, 0) is 47.3 Å². The fourth-order valence-electron chi connectivity index (χ4n) is 4.11. The number of carboxylic acid groups (broad SMARTS) is 1. The van der Waals surface area contributed by atoms with Gasteiger partial charge in [0, 0.05) is 38.4 Å². The zero-order valence-corrected chi connectivity index (χ0v) is 18.6. The van der Waals surface area contributed by atoms with Crippen LogP contribution in [0.5, 0.6) is 11.5 Å². The van der Waals surface area contributed by atoms with E-state index < -0.39 is 5.97 Å². The largest absolute Gasteiger partial charge is 0.478 e. The summed E-state index contributed by atoms with van der Waals surface area (Å²) in [6.07, 6.45) is 0. The third-order valence-electron chi connectivity index (χ3n) is 5.79. The van der Waals surface area contributed by atoms with Crippen molar-refractivity contribution in [3.05, 3.63) is 69.9 Å². The van der Waals surface area contributed by atoms with Crippen LogP contribution < -0.4 is 19.7 Å². The van der Waals surface area contributed by atoms with Gasteiger partial charge >= 0.3 is 5.97 Å². The van der Waals surface area contributed by atoms with E-state index in [-0.39, 0.29) is 18.3 Å². The Morgan fingerprint density at radius 1 is 1.00 bits per heavy atom. The molecule has 2 aromatic carbocycles. The number of hydrogen-bond acceptors (Lipinski definition) is 7. The molecule has 8 nitrogen and oxygen atoms in total. The van der Waals surface area contributed by atoms with Gasteiger partial charge in [0.2, 0.25) is 6.79 Å². The molecule has 1 fully saturated rings. The predicted octanol–water partition coefficient (Wildman–Crippen LogP) is 3.75. The summed E-state index contributed by atoms with van der Waals surface area (Å²) in [6.45, 7) is 4.11. The maximum absolute atomic E-state index is 12.3. The molecule has 1 aromatic heterocycles. The zero-order chi connectivity index (χ0) is 22.8. The molecule has 2 aliphatic rings. The summed E-state index contributed by atoms with van der Waals surface area (Å²) in [4.78, 5) is 29.3. The average Bonchev–Trinajstić information content (AvgIpc) is 3.52. The third-order valence-corrected chi connectivity index (χ3v) is 6.65. The van der Waals surface area contributed by atoms with Crippen molar-refractivity contribution in [3.63, 3.8) is 0 Å². The van der Waals surface area contributed by atoms with Crippen LogP contribution in [-0.2, 0) is 6.54 Å². The van der Waals surface area contributed by atoms with E-state index in [4.69, 9.17) is 9.47 Å². The second-order valence-electron chi connectivity index (χ2n) is 7.92. The lowest BCUT2D eigenvalue weighted by Crippen LogP contribution is -2.46. The minimum Gasteiger partial charge on any atom is -0.478 e. The van der Waals surface area contributed by atoms with Crippen molar-refractivity contribution in [2.24, 2.45) is 0 Å². The molecule has 1 amide bonds. The van der Waals surface area contributed by atoms with Crippen molar-refractivity contribution >= 4 is 34.6 Å². The molecule has 3 heterocycles. The lowest BCUT2D eigenvalue weighted by atomic mass is 10.1. The Morgan fingerprint density at radius 2 is 1.82 bits per heavy atom. The maximum atomic E-state index is 12.3. The number of anilines is 2. The summed E-state index contributed by atoms with van der Waals surface area (Å²) in [5, 5.41) is 14.4. The van der Waals surface area contributed by atoms with Gasteiger partial charge in [0.25, 0.3) is 5.91 Å². The van der Waals surface area contributed by atoms with Crippen LogP contribution in [0.25, 0.3) is 0 Å². The molecular weight excluding hydrogens is 442 g/mol. The quantitative estimate of drug-likeness (QED) is 0.573. The van der Waals surface area contributed by atoms with Crippen LogP contribution >= 0.6 is 11.3 Å². The van der Waals surface area contributed by atoms with Gasteiger partial charge in [0.1, 0.15) is 0 Å². The second kappa shape index (κ2) is 9.13. The van der Waals surface area contributed by atoms with Gasteiger partial charge in [-0.1, -0.05) is 12.1 Å². The second-order valence-corrected chi connectivity index (χ2v) is 8.87. The summed E-state index contributed by atoms with van der Waals surface area (Å²) < 4.78 is 10.8. The van der Waals surface area contributed by atoms with Crippen LogP contribution in [0.1, 0.15) is 25.6 Å². The summed E-state index contributed by atoms with van der Waals surface area (Å²) >= 11 is 1.34. The summed E-state index contributed by atoms with van der Waals surface area (Å²) in [6, 6.07) is 14.6. The lowest BCUT2D eigenvalue weighted by molar-refractivity contribution is 0.0697. The van der Waals surface area contributed by atoms with Crippen LogP contribution in [0.2, 0.25) is 0 Å². The van der Waals surface area contributed by atoms with Crippen molar-refractivity contribution in [1.82, 2.24) is 4.90 Å². The first-order valence-electron chi connectivity index (χ1n) is 10.6. The van der Waals surface area contributed by atoms with Gasteiger partial charge in [-0.15, -0.1) is 11.3 Å². The average molecular weight is 466 g/mol. The van der Waals surface area contributed by atoms with Crippen molar-refractivity contribution in [2.75, 3.05) is 43.2 Å². The monoisotopic (exact) mass is 465 g/mol.